The minimum Gasteiger partial charge on any atom is -0.413 e. The van der Waals surface area contributed by atoms with Gasteiger partial charge in [-0.3, -0.25) is 35.2 Å². The standard InChI is InChI=1S/C37H45N7O12Si/c1-6-57(7-2,8-3)56-23(5)30-31-22(4)26(20-42(31)32(30)45)19-41-18-17-27(21-41)38-35(39-36(48)54-33(46)24-9-13-28(14-10-24)43(50)51)40-37(49)55-34(47)25-11-15-29(16-12-25)44(52)53/h9-16,20,22-23,27,30-31H,6-8,17-19,21H2,1-5H3,(H2,38,39,40,48,49)/t22-,23+,27-,30?,31+/m0/s1. The van der Waals surface area contributed by atoms with Crippen LogP contribution in [0.2, 0.25) is 18.1 Å². The Morgan fingerprint density at radius 1 is 0.912 bits per heavy atom. The second-order valence-electron chi connectivity index (χ2n) is 14.2. The van der Waals surface area contributed by atoms with Crippen molar-refractivity contribution in [3.05, 3.63) is 91.7 Å². The van der Waals surface area contributed by atoms with Gasteiger partial charge in [0.15, 0.2) is 8.32 Å². The number of esters is 2. The fourth-order valence-electron chi connectivity index (χ4n) is 7.50. The van der Waals surface area contributed by atoms with Gasteiger partial charge in [-0.1, -0.05) is 27.7 Å². The first-order valence-electron chi connectivity index (χ1n) is 18.6. The Morgan fingerprint density at radius 2 is 1.46 bits per heavy atom. The van der Waals surface area contributed by atoms with Crippen molar-refractivity contribution in [3.63, 3.8) is 0 Å². The highest BCUT2D eigenvalue weighted by molar-refractivity contribution is 6.73. The predicted octanol–water partition coefficient (Wildman–Crippen LogP) is 5.14. The number of ether oxygens (including phenoxy) is 2. The van der Waals surface area contributed by atoms with E-state index in [2.05, 4.69) is 48.2 Å². The number of non-ortho nitro benzene ring substituents is 2. The number of nitrogens with zero attached hydrogens (tertiary/aromatic N) is 5. The molecule has 3 amide bonds. The van der Waals surface area contributed by atoms with Crippen LogP contribution in [0.25, 0.3) is 0 Å². The molecule has 57 heavy (non-hydrogen) atoms. The number of hydrogen-bond acceptors (Lipinski definition) is 13. The number of nitro benzene ring substituents is 2. The quantitative estimate of drug-likeness (QED) is 0.0389. The van der Waals surface area contributed by atoms with E-state index in [1.165, 1.54) is 0 Å². The van der Waals surface area contributed by atoms with Gasteiger partial charge < -0.3 is 24.1 Å². The van der Waals surface area contributed by atoms with Gasteiger partial charge in [-0.05, 0) is 61.3 Å². The maximum Gasteiger partial charge on any atom is 0.444 e. The van der Waals surface area contributed by atoms with Gasteiger partial charge in [-0.15, -0.1) is 4.99 Å². The fourth-order valence-corrected chi connectivity index (χ4v) is 10.4. The number of fused-ring (bicyclic) bond motifs is 1. The summed E-state index contributed by atoms with van der Waals surface area (Å²) in [7, 11) is -1.92. The van der Waals surface area contributed by atoms with Crippen molar-refractivity contribution >= 4 is 55.7 Å². The summed E-state index contributed by atoms with van der Waals surface area (Å²) in [5.74, 6) is -2.90. The van der Waals surface area contributed by atoms with Crippen LogP contribution in [-0.2, 0) is 18.7 Å². The van der Waals surface area contributed by atoms with Crippen molar-refractivity contribution in [3.8, 4) is 0 Å². The molecule has 0 saturated carbocycles. The van der Waals surface area contributed by atoms with Crippen molar-refractivity contribution in [1.82, 2.24) is 20.4 Å². The third kappa shape index (κ3) is 9.75. The van der Waals surface area contributed by atoms with Crippen molar-refractivity contribution in [2.75, 3.05) is 19.6 Å². The third-order valence-electron chi connectivity index (χ3n) is 10.9. The van der Waals surface area contributed by atoms with Gasteiger partial charge >= 0.3 is 24.1 Å². The van der Waals surface area contributed by atoms with E-state index in [-0.39, 0.29) is 52.4 Å². The lowest BCUT2D eigenvalue weighted by molar-refractivity contribution is -0.385. The maximum atomic E-state index is 13.3. The van der Waals surface area contributed by atoms with E-state index >= 15 is 0 Å². The zero-order chi connectivity index (χ0) is 41.6. The van der Waals surface area contributed by atoms with Crippen LogP contribution in [0, 0.1) is 32.1 Å². The molecule has 3 aliphatic rings. The van der Waals surface area contributed by atoms with Gasteiger partial charge in [-0.25, -0.2) is 19.2 Å². The zero-order valence-electron chi connectivity index (χ0n) is 32.2. The Balaban J connectivity index is 1.23. The number of aliphatic imine (C=N–C) groups is 1. The minimum atomic E-state index is -1.92. The highest BCUT2D eigenvalue weighted by atomic mass is 28.4. The summed E-state index contributed by atoms with van der Waals surface area (Å²) in [5, 5.41) is 27.0. The van der Waals surface area contributed by atoms with Crippen LogP contribution in [0.15, 0.2) is 65.3 Å². The summed E-state index contributed by atoms with van der Waals surface area (Å²) in [5.41, 5.74) is 0.158. The molecule has 0 aliphatic carbocycles. The number of benzene rings is 2. The Labute approximate surface area is 328 Å². The summed E-state index contributed by atoms with van der Waals surface area (Å²) in [4.78, 5) is 92.2. The van der Waals surface area contributed by atoms with E-state index in [1.54, 1.807) is 0 Å². The third-order valence-corrected chi connectivity index (χ3v) is 15.7. The number of hydrogen-bond donors (Lipinski definition) is 2. The van der Waals surface area contributed by atoms with Gasteiger partial charge in [0.05, 0.1) is 39.0 Å². The number of rotatable bonds is 13. The zero-order valence-corrected chi connectivity index (χ0v) is 33.2. The average molecular weight is 808 g/mol. The second kappa shape index (κ2) is 17.9. The van der Waals surface area contributed by atoms with Crippen LogP contribution in [-0.4, -0.2) is 102 Å². The SMILES string of the molecule is CC[Si](CC)(CC)O[C@H](C)C1C(=O)N2C=C(CN3CC[C@H](NC(=NC(=O)OC(=O)c4ccc([N+](=O)[O-])cc4)NC(=O)OC(=O)c4ccc([N+](=O)[O-])cc4)C3)[C@H](C)[C@H]12. The molecule has 19 nitrogen and oxygen atoms in total. The van der Waals surface area contributed by atoms with Gasteiger partial charge in [0.2, 0.25) is 11.9 Å². The number of β-lactam (4-membered cyclic amide) rings is 1. The molecule has 0 aromatic heterocycles. The lowest BCUT2D eigenvalue weighted by Crippen LogP contribution is -2.63. The van der Waals surface area contributed by atoms with Gasteiger partial charge in [0, 0.05) is 62.1 Å². The number of guanidine groups is 1. The fraction of sp³-hybridized carbons (Fsp3) is 0.459. The Hall–Kier alpha value is -5.86. The first-order chi connectivity index (χ1) is 27.1. The largest absolute Gasteiger partial charge is 0.444 e. The van der Waals surface area contributed by atoms with E-state index in [4.69, 9.17) is 13.9 Å². The summed E-state index contributed by atoms with van der Waals surface area (Å²) in [6.07, 6.45) is -0.555. The number of nitrogens with one attached hydrogen (secondary N) is 2. The molecule has 2 aromatic rings. The van der Waals surface area contributed by atoms with E-state index in [0.717, 1.165) is 72.2 Å². The number of nitro groups is 2. The molecule has 5 rings (SSSR count). The number of carbonyl (C=O) groups excluding carboxylic acids is 5. The first-order valence-corrected chi connectivity index (χ1v) is 21.2. The Bertz CT molecular complexity index is 1960. The van der Waals surface area contributed by atoms with Crippen molar-refractivity contribution in [2.45, 2.75) is 77.4 Å². The van der Waals surface area contributed by atoms with Crippen LogP contribution in [0.5, 0.6) is 0 Å². The molecule has 3 aliphatic heterocycles. The second-order valence-corrected chi connectivity index (χ2v) is 18.9. The van der Waals surface area contributed by atoms with E-state index < -0.39 is 54.3 Å². The highest BCUT2D eigenvalue weighted by Gasteiger charge is 2.56. The monoisotopic (exact) mass is 807 g/mol. The molecule has 2 fully saturated rings. The van der Waals surface area contributed by atoms with Crippen LogP contribution >= 0.6 is 0 Å². The smallest absolute Gasteiger partial charge is 0.413 e. The van der Waals surface area contributed by atoms with E-state index in [1.807, 2.05) is 18.0 Å². The van der Waals surface area contributed by atoms with Crippen molar-refractivity contribution in [1.29, 1.82) is 0 Å². The topological polar surface area (TPSA) is 242 Å². The molecule has 304 valence electrons. The molecule has 0 spiro atoms. The van der Waals surface area contributed by atoms with Gasteiger partial charge in [0.1, 0.15) is 0 Å². The number of alkyl carbamates (subject to hydrolysis) is 1. The lowest BCUT2D eigenvalue weighted by atomic mass is 9.77. The Morgan fingerprint density at radius 3 is 1.98 bits per heavy atom. The lowest BCUT2D eigenvalue weighted by Gasteiger charge is -2.48. The molecule has 3 heterocycles. The molecular weight excluding hydrogens is 763 g/mol. The molecular formula is C37H45N7O12Si. The molecule has 2 N–H and O–H groups in total. The molecule has 5 atom stereocenters. The molecule has 0 radical (unpaired) electrons. The van der Waals surface area contributed by atoms with Crippen LogP contribution in [0.4, 0.5) is 21.0 Å². The number of carbonyl (C=O) groups is 5. The maximum absolute atomic E-state index is 13.3. The van der Waals surface area contributed by atoms with E-state index in [0.29, 0.717) is 26.1 Å². The van der Waals surface area contributed by atoms with Gasteiger partial charge in [0.25, 0.3) is 11.4 Å². The van der Waals surface area contributed by atoms with Crippen LogP contribution in [0.3, 0.4) is 0 Å². The van der Waals surface area contributed by atoms with E-state index in [9.17, 15) is 44.2 Å². The molecule has 2 aromatic carbocycles. The average Bonchev–Trinajstić information content (AvgIpc) is 3.74. The number of amides is 3. The Kier molecular flexibility index (Phi) is 13.3. The highest BCUT2D eigenvalue weighted by Crippen LogP contribution is 2.45. The van der Waals surface area contributed by atoms with Crippen molar-refractivity contribution < 1.29 is 47.7 Å². The predicted molar refractivity (Wildman–Crippen MR) is 205 cm³/mol. The van der Waals surface area contributed by atoms with Crippen molar-refractivity contribution in [2.24, 2.45) is 16.8 Å². The summed E-state index contributed by atoms with van der Waals surface area (Å²) in [6.45, 7) is 12.2. The molecule has 2 saturated heterocycles. The molecule has 1 unspecified atom stereocenters. The van der Waals surface area contributed by atoms with Crippen LogP contribution in [0.1, 0.15) is 61.8 Å². The first kappa shape index (κ1) is 42.3. The molecule has 20 heteroatoms. The molecule has 0 bridgehead atoms. The summed E-state index contributed by atoms with van der Waals surface area (Å²) in [6, 6.07) is 11.2. The van der Waals surface area contributed by atoms with Crippen LogP contribution < -0.4 is 10.6 Å². The normalized spacial score (nSPS) is 21.1. The summed E-state index contributed by atoms with van der Waals surface area (Å²) >= 11 is 0. The summed E-state index contributed by atoms with van der Waals surface area (Å²) < 4.78 is 16.3. The minimum absolute atomic E-state index is 0.0127. The number of likely N-dealkylation sites (tertiary alicyclic amines) is 1. The van der Waals surface area contributed by atoms with Gasteiger partial charge in [-0.2, -0.15) is 0 Å².